The Hall–Kier alpha value is -3.13. The first-order valence-electron chi connectivity index (χ1n) is 6.96. The number of rotatable bonds is 5. The molecule has 8 nitrogen and oxygen atoms in total. The Kier molecular flexibility index (Phi) is 4.07. The molecule has 0 saturated heterocycles. The van der Waals surface area contributed by atoms with E-state index in [0.29, 0.717) is 23.9 Å². The summed E-state index contributed by atoms with van der Waals surface area (Å²) in [5, 5.41) is 6.01. The first kappa shape index (κ1) is 14.8. The SMILES string of the molecule is Cn1ccc2cc(Oc3cc(CN(N)/N=C\N)ncn3)ccc21. The van der Waals surface area contributed by atoms with Crippen LogP contribution in [-0.2, 0) is 13.6 Å². The van der Waals surface area contributed by atoms with Crippen LogP contribution in [0.2, 0.25) is 0 Å². The number of hydrazone groups is 1. The fraction of sp³-hybridized carbons (Fsp3) is 0.133. The molecule has 3 aromatic rings. The van der Waals surface area contributed by atoms with Crippen molar-refractivity contribution in [2.24, 2.45) is 23.7 Å². The van der Waals surface area contributed by atoms with E-state index >= 15 is 0 Å². The molecule has 0 radical (unpaired) electrons. The highest BCUT2D eigenvalue weighted by Crippen LogP contribution is 2.25. The van der Waals surface area contributed by atoms with Crippen molar-refractivity contribution in [3.05, 3.63) is 48.5 Å². The Morgan fingerprint density at radius 3 is 3.00 bits per heavy atom. The molecule has 0 bridgehead atoms. The number of nitrogens with two attached hydrogens (primary N) is 2. The minimum atomic E-state index is 0.296. The number of hydrazine groups is 1. The van der Waals surface area contributed by atoms with Crippen molar-refractivity contribution >= 4 is 17.2 Å². The van der Waals surface area contributed by atoms with Gasteiger partial charge >= 0.3 is 0 Å². The Balaban J connectivity index is 1.78. The van der Waals surface area contributed by atoms with E-state index < -0.39 is 0 Å². The highest BCUT2D eigenvalue weighted by atomic mass is 16.5. The van der Waals surface area contributed by atoms with Crippen LogP contribution < -0.4 is 16.3 Å². The molecule has 0 spiro atoms. The first-order chi connectivity index (χ1) is 11.2. The quantitative estimate of drug-likeness (QED) is 0.318. The van der Waals surface area contributed by atoms with Crippen molar-refractivity contribution in [2.75, 3.05) is 0 Å². The second-order valence-corrected chi connectivity index (χ2v) is 4.96. The average molecular weight is 311 g/mol. The van der Waals surface area contributed by atoms with E-state index in [-0.39, 0.29) is 0 Å². The molecule has 2 aromatic heterocycles. The van der Waals surface area contributed by atoms with E-state index in [2.05, 4.69) is 19.6 Å². The van der Waals surface area contributed by atoms with Gasteiger partial charge in [0.1, 0.15) is 18.4 Å². The normalized spacial score (nSPS) is 11.2. The Bertz CT molecular complexity index is 843. The Morgan fingerprint density at radius 1 is 1.30 bits per heavy atom. The van der Waals surface area contributed by atoms with E-state index in [4.69, 9.17) is 16.3 Å². The van der Waals surface area contributed by atoms with Gasteiger partial charge in [0.05, 0.1) is 12.2 Å². The summed E-state index contributed by atoms with van der Waals surface area (Å²) in [4.78, 5) is 8.24. The lowest BCUT2D eigenvalue weighted by atomic mass is 10.2. The van der Waals surface area contributed by atoms with Crippen LogP contribution in [0.5, 0.6) is 11.6 Å². The molecule has 0 atom stereocenters. The standard InChI is InChI=1S/C15H17N7O/c1-21-5-4-11-6-13(2-3-14(11)21)23-15-7-12(18-10-19-15)8-22(17)20-9-16/h2-7,9-10H,8,17H2,1H3,(H2,16,20). The minimum Gasteiger partial charge on any atom is -0.439 e. The topological polar surface area (TPSA) is 108 Å². The molecule has 0 aliphatic rings. The van der Waals surface area contributed by atoms with Gasteiger partial charge in [0, 0.05) is 30.2 Å². The van der Waals surface area contributed by atoms with Crippen LogP contribution >= 0.6 is 0 Å². The maximum absolute atomic E-state index is 5.80. The largest absolute Gasteiger partial charge is 0.439 e. The molecule has 118 valence electrons. The first-order valence-corrected chi connectivity index (χ1v) is 6.96. The summed E-state index contributed by atoms with van der Waals surface area (Å²) in [6, 6.07) is 9.61. The third-order valence-electron chi connectivity index (χ3n) is 3.32. The predicted octanol–water partition coefficient (Wildman–Crippen LogP) is 1.34. The van der Waals surface area contributed by atoms with Crippen LogP contribution in [0.4, 0.5) is 0 Å². The van der Waals surface area contributed by atoms with Gasteiger partial charge in [-0.15, -0.1) is 0 Å². The van der Waals surface area contributed by atoms with Crippen LogP contribution in [0.1, 0.15) is 5.69 Å². The maximum Gasteiger partial charge on any atom is 0.222 e. The van der Waals surface area contributed by atoms with E-state index in [0.717, 1.165) is 17.2 Å². The molecule has 0 aliphatic carbocycles. The molecule has 3 rings (SSSR count). The number of aromatic nitrogens is 3. The van der Waals surface area contributed by atoms with Crippen LogP contribution in [0.25, 0.3) is 10.9 Å². The van der Waals surface area contributed by atoms with Crippen LogP contribution in [0.3, 0.4) is 0 Å². The van der Waals surface area contributed by atoms with Gasteiger partial charge in [0.2, 0.25) is 5.88 Å². The van der Waals surface area contributed by atoms with Gasteiger partial charge in [-0.3, -0.25) is 0 Å². The van der Waals surface area contributed by atoms with Gasteiger partial charge in [-0.05, 0) is 24.3 Å². The third kappa shape index (κ3) is 3.38. The van der Waals surface area contributed by atoms with Crippen LogP contribution in [0, 0.1) is 0 Å². The second-order valence-electron chi connectivity index (χ2n) is 4.96. The summed E-state index contributed by atoms with van der Waals surface area (Å²) in [5.74, 6) is 6.78. The molecule has 1 aromatic carbocycles. The van der Waals surface area contributed by atoms with Gasteiger partial charge in [0.15, 0.2) is 0 Å². The molecule has 0 saturated carbocycles. The smallest absolute Gasteiger partial charge is 0.222 e. The predicted molar refractivity (Wildman–Crippen MR) is 87.4 cm³/mol. The fourth-order valence-corrected chi connectivity index (χ4v) is 2.26. The Morgan fingerprint density at radius 2 is 2.17 bits per heavy atom. The lowest BCUT2D eigenvalue weighted by molar-refractivity contribution is 0.287. The van der Waals surface area contributed by atoms with Gasteiger partial charge in [-0.1, -0.05) is 0 Å². The highest BCUT2D eigenvalue weighted by molar-refractivity contribution is 5.81. The van der Waals surface area contributed by atoms with Crippen molar-refractivity contribution in [3.8, 4) is 11.6 Å². The zero-order valence-electron chi connectivity index (χ0n) is 12.6. The third-order valence-corrected chi connectivity index (χ3v) is 3.32. The number of fused-ring (bicyclic) bond motifs is 1. The minimum absolute atomic E-state index is 0.296. The van der Waals surface area contributed by atoms with Crippen molar-refractivity contribution in [2.45, 2.75) is 6.54 Å². The number of hydrogen-bond acceptors (Lipinski definition) is 6. The van der Waals surface area contributed by atoms with E-state index in [1.807, 2.05) is 37.5 Å². The zero-order valence-corrected chi connectivity index (χ0v) is 12.6. The molecule has 8 heteroatoms. The van der Waals surface area contributed by atoms with Crippen molar-refractivity contribution in [3.63, 3.8) is 0 Å². The fourth-order valence-electron chi connectivity index (χ4n) is 2.26. The number of aryl methyl sites for hydroxylation is 1. The van der Waals surface area contributed by atoms with Gasteiger partial charge in [-0.25, -0.2) is 20.9 Å². The van der Waals surface area contributed by atoms with E-state index in [1.54, 1.807) is 6.07 Å². The van der Waals surface area contributed by atoms with Gasteiger partial charge < -0.3 is 15.0 Å². The van der Waals surface area contributed by atoms with E-state index in [1.165, 1.54) is 11.4 Å². The second kappa shape index (κ2) is 6.32. The van der Waals surface area contributed by atoms with Gasteiger partial charge in [0.25, 0.3) is 0 Å². The number of hydrogen-bond donors (Lipinski definition) is 2. The number of benzene rings is 1. The molecule has 4 N–H and O–H groups in total. The summed E-state index contributed by atoms with van der Waals surface area (Å²) in [7, 11) is 2.00. The lowest BCUT2D eigenvalue weighted by Crippen LogP contribution is -2.25. The average Bonchev–Trinajstić information content (AvgIpc) is 2.89. The zero-order chi connectivity index (χ0) is 16.2. The summed E-state index contributed by atoms with van der Waals surface area (Å²) in [6.45, 7) is 0.296. The molecule has 23 heavy (non-hydrogen) atoms. The lowest BCUT2D eigenvalue weighted by Gasteiger charge is -2.11. The molecular formula is C15H17N7O. The summed E-state index contributed by atoms with van der Waals surface area (Å²) in [6.07, 6.45) is 4.55. The summed E-state index contributed by atoms with van der Waals surface area (Å²) >= 11 is 0. The molecule has 0 unspecified atom stereocenters. The Labute approximate surface area is 133 Å². The monoisotopic (exact) mass is 311 g/mol. The van der Waals surface area contributed by atoms with Gasteiger partial charge in [-0.2, -0.15) is 5.10 Å². The van der Waals surface area contributed by atoms with Crippen molar-refractivity contribution in [1.82, 2.24) is 19.7 Å². The summed E-state index contributed by atoms with van der Waals surface area (Å²) in [5.41, 5.74) is 7.00. The molecular weight excluding hydrogens is 294 g/mol. The highest BCUT2D eigenvalue weighted by Gasteiger charge is 2.06. The maximum atomic E-state index is 5.80. The van der Waals surface area contributed by atoms with Crippen molar-refractivity contribution < 1.29 is 4.74 Å². The van der Waals surface area contributed by atoms with E-state index in [9.17, 15) is 0 Å². The molecule has 2 heterocycles. The van der Waals surface area contributed by atoms with Crippen LogP contribution in [0.15, 0.2) is 48.0 Å². The molecule has 0 amide bonds. The summed E-state index contributed by atoms with van der Waals surface area (Å²) < 4.78 is 7.85. The molecule has 0 fully saturated rings. The number of ether oxygens (including phenoxy) is 1. The molecule has 0 aliphatic heterocycles. The van der Waals surface area contributed by atoms with Crippen molar-refractivity contribution in [1.29, 1.82) is 0 Å². The van der Waals surface area contributed by atoms with Crippen LogP contribution in [-0.4, -0.2) is 26.0 Å². The number of nitrogens with zero attached hydrogens (tertiary/aromatic N) is 5.